The Bertz CT molecular complexity index is 640. The maximum absolute atomic E-state index is 10.5. The van der Waals surface area contributed by atoms with Crippen LogP contribution in [0.5, 0.6) is 11.5 Å². The molecule has 2 aromatic carbocycles. The minimum Gasteiger partial charge on any atom is -0.486 e. The molecule has 0 saturated heterocycles. The molecule has 3 nitrogen and oxygen atoms in total. The average molecular weight is 291 g/mol. The second kappa shape index (κ2) is 5.35. The van der Waals surface area contributed by atoms with Crippen molar-refractivity contribution in [3.63, 3.8) is 0 Å². The van der Waals surface area contributed by atoms with Gasteiger partial charge in [0.2, 0.25) is 0 Å². The summed E-state index contributed by atoms with van der Waals surface area (Å²) in [6.45, 7) is 2.98. The number of halogens is 1. The number of aliphatic hydroxyl groups excluding tert-OH is 1. The summed E-state index contributed by atoms with van der Waals surface area (Å²) in [6.07, 6.45) is -0.733. The molecule has 0 aromatic heterocycles. The molecule has 104 valence electrons. The van der Waals surface area contributed by atoms with Crippen molar-refractivity contribution in [1.29, 1.82) is 0 Å². The molecule has 2 aromatic rings. The van der Waals surface area contributed by atoms with Crippen LogP contribution in [0.3, 0.4) is 0 Å². The van der Waals surface area contributed by atoms with E-state index in [2.05, 4.69) is 0 Å². The third-order valence-corrected chi connectivity index (χ3v) is 3.57. The van der Waals surface area contributed by atoms with Crippen molar-refractivity contribution >= 4 is 11.6 Å². The molecule has 0 radical (unpaired) electrons. The average Bonchev–Trinajstić information content (AvgIpc) is 2.46. The number of hydrogen-bond donors (Lipinski definition) is 1. The lowest BCUT2D eigenvalue weighted by Gasteiger charge is -2.21. The van der Waals surface area contributed by atoms with E-state index in [-0.39, 0.29) is 0 Å². The van der Waals surface area contributed by atoms with Gasteiger partial charge in [0.05, 0.1) is 5.02 Å². The molecule has 0 aliphatic carbocycles. The van der Waals surface area contributed by atoms with Gasteiger partial charge in [-0.15, -0.1) is 0 Å². The zero-order valence-electron chi connectivity index (χ0n) is 11.1. The molecule has 1 unspecified atom stereocenters. The van der Waals surface area contributed by atoms with E-state index < -0.39 is 6.10 Å². The third kappa shape index (κ3) is 2.47. The molecule has 0 bridgehead atoms. The van der Waals surface area contributed by atoms with Crippen LogP contribution in [-0.2, 0) is 0 Å². The Hall–Kier alpha value is -1.71. The van der Waals surface area contributed by atoms with Gasteiger partial charge in [0.15, 0.2) is 11.5 Å². The highest BCUT2D eigenvalue weighted by molar-refractivity contribution is 6.32. The van der Waals surface area contributed by atoms with Crippen LogP contribution in [0.2, 0.25) is 5.02 Å². The first kappa shape index (κ1) is 13.3. The van der Waals surface area contributed by atoms with Crippen LogP contribution in [-0.4, -0.2) is 18.3 Å². The molecular weight excluding hydrogens is 276 g/mol. The summed E-state index contributed by atoms with van der Waals surface area (Å²) in [4.78, 5) is 0. The number of hydrogen-bond acceptors (Lipinski definition) is 3. The molecule has 1 aliphatic rings. The van der Waals surface area contributed by atoms with E-state index in [4.69, 9.17) is 21.1 Å². The van der Waals surface area contributed by atoms with Gasteiger partial charge in [-0.3, -0.25) is 0 Å². The summed E-state index contributed by atoms with van der Waals surface area (Å²) in [5.74, 6) is 1.14. The molecule has 20 heavy (non-hydrogen) atoms. The predicted molar refractivity (Wildman–Crippen MR) is 77.7 cm³/mol. The van der Waals surface area contributed by atoms with Crippen LogP contribution >= 0.6 is 11.6 Å². The molecule has 1 heterocycles. The first-order chi connectivity index (χ1) is 9.65. The van der Waals surface area contributed by atoms with Gasteiger partial charge in [-0.05, 0) is 30.2 Å². The minimum atomic E-state index is -0.733. The first-order valence-electron chi connectivity index (χ1n) is 6.49. The van der Waals surface area contributed by atoms with E-state index in [0.29, 0.717) is 35.3 Å². The number of fused-ring (bicyclic) bond motifs is 1. The molecule has 1 atom stereocenters. The Morgan fingerprint density at radius 3 is 2.70 bits per heavy atom. The van der Waals surface area contributed by atoms with Crippen LogP contribution in [0.1, 0.15) is 22.8 Å². The number of aliphatic hydroxyl groups is 1. The van der Waals surface area contributed by atoms with Gasteiger partial charge in [-0.1, -0.05) is 41.4 Å². The summed E-state index contributed by atoms with van der Waals surface area (Å²) in [6, 6.07) is 11.3. The van der Waals surface area contributed by atoms with E-state index in [1.807, 2.05) is 31.2 Å². The summed E-state index contributed by atoms with van der Waals surface area (Å²) in [5.41, 5.74) is 2.63. The number of benzene rings is 2. The molecule has 1 aliphatic heterocycles. The highest BCUT2D eigenvalue weighted by Gasteiger charge is 2.20. The fraction of sp³-hybridized carbons (Fsp3) is 0.250. The topological polar surface area (TPSA) is 38.7 Å². The van der Waals surface area contributed by atoms with E-state index in [9.17, 15) is 5.11 Å². The SMILES string of the molecule is Cc1cccc(C(O)c2cc(Cl)c3c(c2)OCCO3)c1. The summed E-state index contributed by atoms with van der Waals surface area (Å²) < 4.78 is 11.0. The Kier molecular flexibility index (Phi) is 3.55. The lowest BCUT2D eigenvalue weighted by Crippen LogP contribution is -2.16. The van der Waals surface area contributed by atoms with Crippen molar-refractivity contribution in [3.05, 3.63) is 58.1 Å². The normalized spacial score (nSPS) is 14.9. The lowest BCUT2D eigenvalue weighted by atomic mass is 9.99. The number of aryl methyl sites for hydroxylation is 1. The van der Waals surface area contributed by atoms with Crippen molar-refractivity contribution in [2.75, 3.05) is 13.2 Å². The van der Waals surface area contributed by atoms with E-state index in [0.717, 1.165) is 11.1 Å². The van der Waals surface area contributed by atoms with E-state index >= 15 is 0 Å². The van der Waals surface area contributed by atoms with E-state index in [1.54, 1.807) is 12.1 Å². The van der Waals surface area contributed by atoms with E-state index in [1.165, 1.54) is 0 Å². The smallest absolute Gasteiger partial charge is 0.179 e. The van der Waals surface area contributed by atoms with Gasteiger partial charge < -0.3 is 14.6 Å². The first-order valence-corrected chi connectivity index (χ1v) is 6.86. The predicted octanol–water partition coefficient (Wildman–Crippen LogP) is 3.50. The molecule has 0 fully saturated rings. The zero-order chi connectivity index (χ0) is 14.1. The molecule has 0 spiro atoms. The summed E-state index contributed by atoms with van der Waals surface area (Å²) >= 11 is 6.19. The Balaban J connectivity index is 2.00. The quantitative estimate of drug-likeness (QED) is 0.920. The largest absolute Gasteiger partial charge is 0.486 e. The standard InChI is InChI=1S/C16H15ClO3/c1-10-3-2-4-11(7-10)15(18)12-8-13(17)16-14(9-12)19-5-6-20-16/h2-4,7-9,15,18H,5-6H2,1H3. The molecule has 3 rings (SSSR count). The van der Waals surface area contributed by atoms with Crippen molar-refractivity contribution < 1.29 is 14.6 Å². The molecule has 4 heteroatoms. The maximum Gasteiger partial charge on any atom is 0.179 e. The van der Waals surface area contributed by atoms with Crippen LogP contribution in [0.25, 0.3) is 0 Å². The van der Waals surface area contributed by atoms with Crippen LogP contribution < -0.4 is 9.47 Å². The lowest BCUT2D eigenvalue weighted by molar-refractivity contribution is 0.170. The molecule has 1 N–H and O–H groups in total. The highest BCUT2D eigenvalue weighted by atomic mass is 35.5. The molecular formula is C16H15ClO3. The number of ether oxygens (including phenoxy) is 2. The van der Waals surface area contributed by atoms with Gasteiger partial charge in [-0.25, -0.2) is 0 Å². The van der Waals surface area contributed by atoms with Crippen molar-refractivity contribution in [3.8, 4) is 11.5 Å². The van der Waals surface area contributed by atoms with Crippen LogP contribution in [0.15, 0.2) is 36.4 Å². The fourth-order valence-electron chi connectivity index (χ4n) is 2.32. The molecule has 0 saturated carbocycles. The van der Waals surface area contributed by atoms with Gasteiger partial charge in [-0.2, -0.15) is 0 Å². The number of rotatable bonds is 2. The second-order valence-corrected chi connectivity index (χ2v) is 5.25. The second-order valence-electron chi connectivity index (χ2n) is 4.84. The zero-order valence-corrected chi connectivity index (χ0v) is 11.9. The van der Waals surface area contributed by atoms with Crippen LogP contribution in [0.4, 0.5) is 0 Å². The summed E-state index contributed by atoms with van der Waals surface area (Å²) in [5, 5.41) is 10.9. The van der Waals surface area contributed by atoms with Gasteiger partial charge in [0.1, 0.15) is 19.3 Å². The Morgan fingerprint density at radius 1 is 1.10 bits per heavy atom. The molecule has 0 amide bonds. The van der Waals surface area contributed by atoms with Crippen molar-refractivity contribution in [1.82, 2.24) is 0 Å². The van der Waals surface area contributed by atoms with Gasteiger partial charge in [0.25, 0.3) is 0 Å². The van der Waals surface area contributed by atoms with Crippen molar-refractivity contribution in [2.24, 2.45) is 0 Å². The van der Waals surface area contributed by atoms with Gasteiger partial charge in [0, 0.05) is 0 Å². The fourth-order valence-corrected chi connectivity index (χ4v) is 2.59. The minimum absolute atomic E-state index is 0.462. The highest BCUT2D eigenvalue weighted by Crippen LogP contribution is 2.40. The Labute approximate surface area is 122 Å². The summed E-state index contributed by atoms with van der Waals surface area (Å²) in [7, 11) is 0. The van der Waals surface area contributed by atoms with Crippen molar-refractivity contribution in [2.45, 2.75) is 13.0 Å². The third-order valence-electron chi connectivity index (χ3n) is 3.29. The van der Waals surface area contributed by atoms with Gasteiger partial charge >= 0.3 is 0 Å². The Morgan fingerprint density at radius 2 is 1.90 bits per heavy atom. The van der Waals surface area contributed by atoms with Crippen LogP contribution in [0, 0.1) is 6.92 Å². The maximum atomic E-state index is 10.5. The monoisotopic (exact) mass is 290 g/mol.